The van der Waals surface area contributed by atoms with Crippen molar-refractivity contribution in [1.82, 2.24) is 0 Å². The molecule has 3 atom stereocenters. The largest absolute Gasteiger partial charge is 0.484 e. The summed E-state index contributed by atoms with van der Waals surface area (Å²) in [5.41, 5.74) is 0. The molecule has 0 aromatic heterocycles. The van der Waals surface area contributed by atoms with E-state index in [1.54, 1.807) is 6.08 Å². The molecule has 0 saturated heterocycles. The molecule has 1 fully saturated rings. The predicted octanol–water partition coefficient (Wildman–Crippen LogP) is 4.79. The smallest absolute Gasteiger partial charge is 0.305 e. The molecule has 1 saturated carbocycles. The predicted molar refractivity (Wildman–Crippen MR) is 108 cm³/mol. The van der Waals surface area contributed by atoms with E-state index >= 15 is 0 Å². The molecular weight excluding hydrogens is 451 g/mol. The highest BCUT2D eigenvalue weighted by Crippen LogP contribution is 2.34. The van der Waals surface area contributed by atoms with E-state index in [-0.39, 0.29) is 23.6 Å². The number of aliphatic hydroxyl groups excluding tert-OH is 1. The van der Waals surface area contributed by atoms with Gasteiger partial charge in [0.15, 0.2) is 5.75 Å². The molecule has 1 aliphatic rings. The highest BCUT2D eigenvalue weighted by molar-refractivity contribution is 5.83. The number of Topliss-reactive ketones (excluding diaryl/α,β-unsaturated/α-hetero) is 1. The van der Waals surface area contributed by atoms with Crippen molar-refractivity contribution in [2.24, 2.45) is 11.8 Å². The quantitative estimate of drug-likeness (QED) is 0.117. The van der Waals surface area contributed by atoms with Crippen molar-refractivity contribution in [2.45, 2.75) is 57.5 Å². The number of unbranched alkanes of at least 4 members (excludes halogenated alkanes) is 3. The first-order valence-corrected chi connectivity index (χ1v) is 10.8. The Kier molecular flexibility index (Phi) is 10.3. The second-order valence-electron chi connectivity index (χ2n) is 7.97. The van der Waals surface area contributed by atoms with Crippen LogP contribution in [0.5, 0.6) is 5.75 Å². The number of methoxy groups -OCH3 is 1. The maximum atomic E-state index is 13.6. The van der Waals surface area contributed by atoms with Crippen LogP contribution in [0, 0.1) is 40.9 Å². The number of esters is 1. The van der Waals surface area contributed by atoms with E-state index in [2.05, 4.69) is 9.47 Å². The molecule has 1 aliphatic carbocycles. The Hall–Kier alpha value is -2.49. The van der Waals surface area contributed by atoms with Crippen molar-refractivity contribution in [1.29, 1.82) is 0 Å². The molecule has 0 heterocycles. The maximum absolute atomic E-state index is 13.6. The molecule has 1 aromatic rings. The van der Waals surface area contributed by atoms with Crippen molar-refractivity contribution in [3.63, 3.8) is 0 Å². The SMILES string of the molecule is COC(=O)CCCCCC[C@H]1C(=O)CC[C@@H]1/C=C/[C@@H](O)COc1c(F)c(F)c(F)c(F)c1F. The van der Waals surface area contributed by atoms with E-state index in [1.165, 1.54) is 13.2 Å². The van der Waals surface area contributed by atoms with Gasteiger partial charge in [-0.2, -0.15) is 8.78 Å². The number of ether oxygens (including phenoxy) is 2. The van der Waals surface area contributed by atoms with E-state index in [0.29, 0.717) is 32.1 Å². The number of halogens is 5. The molecule has 184 valence electrons. The van der Waals surface area contributed by atoms with E-state index in [1.807, 2.05) is 0 Å². The minimum atomic E-state index is -2.29. The van der Waals surface area contributed by atoms with Crippen molar-refractivity contribution in [3.05, 3.63) is 41.2 Å². The Labute approximate surface area is 188 Å². The van der Waals surface area contributed by atoms with Gasteiger partial charge in [0.1, 0.15) is 18.5 Å². The first-order chi connectivity index (χ1) is 15.7. The first kappa shape index (κ1) is 26.8. The van der Waals surface area contributed by atoms with Crippen molar-refractivity contribution in [3.8, 4) is 5.75 Å². The molecule has 33 heavy (non-hydrogen) atoms. The topological polar surface area (TPSA) is 72.8 Å². The molecule has 5 nitrogen and oxygen atoms in total. The number of rotatable bonds is 12. The molecular formula is C23H27F5O5. The lowest BCUT2D eigenvalue weighted by Gasteiger charge is -2.16. The van der Waals surface area contributed by atoms with E-state index < -0.39 is 47.5 Å². The maximum Gasteiger partial charge on any atom is 0.305 e. The molecule has 0 radical (unpaired) electrons. The van der Waals surface area contributed by atoms with E-state index in [0.717, 1.165) is 19.3 Å². The Bertz CT molecular complexity index is 844. The molecule has 0 aliphatic heterocycles. The normalized spacial score (nSPS) is 19.3. The third kappa shape index (κ3) is 7.25. The lowest BCUT2D eigenvalue weighted by atomic mass is 9.89. The van der Waals surface area contributed by atoms with Crippen LogP contribution in [0.15, 0.2) is 12.2 Å². The lowest BCUT2D eigenvalue weighted by molar-refractivity contribution is -0.140. The molecule has 0 bridgehead atoms. The van der Waals surface area contributed by atoms with Gasteiger partial charge in [0.05, 0.1) is 7.11 Å². The zero-order valence-electron chi connectivity index (χ0n) is 18.2. The van der Waals surface area contributed by atoms with Crippen LogP contribution in [0.4, 0.5) is 22.0 Å². The fourth-order valence-electron chi connectivity index (χ4n) is 3.84. The van der Waals surface area contributed by atoms with Crippen LogP contribution in [0.1, 0.15) is 51.4 Å². The first-order valence-electron chi connectivity index (χ1n) is 10.8. The molecule has 2 rings (SSSR count). The average molecular weight is 478 g/mol. The summed E-state index contributed by atoms with van der Waals surface area (Å²) in [6.45, 7) is -0.736. The summed E-state index contributed by atoms with van der Waals surface area (Å²) in [5, 5.41) is 10.00. The Balaban J connectivity index is 1.84. The number of hydrogen-bond acceptors (Lipinski definition) is 5. The zero-order chi connectivity index (χ0) is 24.5. The van der Waals surface area contributed by atoms with E-state index in [4.69, 9.17) is 0 Å². The minimum absolute atomic E-state index is 0.117. The molecule has 1 N–H and O–H groups in total. The lowest BCUT2D eigenvalue weighted by Crippen LogP contribution is -2.18. The summed E-state index contributed by atoms with van der Waals surface area (Å²) < 4.78 is 76.0. The van der Waals surface area contributed by atoms with Crippen molar-refractivity contribution >= 4 is 11.8 Å². The summed E-state index contributed by atoms with van der Waals surface area (Å²) in [6.07, 6.45) is 6.75. The van der Waals surface area contributed by atoms with Gasteiger partial charge in [-0.05, 0) is 25.2 Å². The van der Waals surface area contributed by atoms with E-state index in [9.17, 15) is 36.6 Å². The minimum Gasteiger partial charge on any atom is -0.484 e. The Morgan fingerprint density at radius 1 is 1.03 bits per heavy atom. The van der Waals surface area contributed by atoms with Gasteiger partial charge in [-0.15, -0.1) is 0 Å². The fraction of sp³-hybridized carbons (Fsp3) is 0.565. The number of carbonyl (C=O) groups is 2. The third-order valence-electron chi connectivity index (χ3n) is 5.68. The van der Waals surface area contributed by atoms with Crippen LogP contribution >= 0.6 is 0 Å². The summed E-state index contributed by atoms with van der Waals surface area (Å²) >= 11 is 0. The number of hydrogen-bond donors (Lipinski definition) is 1. The third-order valence-corrected chi connectivity index (χ3v) is 5.68. The fourth-order valence-corrected chi connectivity index (χ4v) is 3.84. The number of allylic oxidation sites excluding steroid dienone is 1. The second kappa shape index (κ2) is 12.7. The van der Waals surface area contributed by atoms with Crippen LogP contribution in [0.2, 0.25) is 0 Å². The van der Waals surface area contributed by atoms with Crippen molar-refractivity contribution in [2.75, 3.05) is 13.7 Å². The van der Waals surface area contributed by atoms with Crippen LogP contribution < -0.4 is 4.74 Å². The molecule has 10 heteroatoms. The van der Waals surface area contributed by atoms with Gasteiger partial charge in [-0.3, -0.25) is 9.59 Å². The van der Waals surface area contributed by atoms with Crippen molar-refractivity contribution < 1.29 is 46.1 Å². The molecule has 1 aromatic carbocycles. The van der Waals surface area contributed by atoms with Crippen LogP contribution in [-0.2, 0) is 14.3 Å². The summed E-state index contributed by atoms with van der Waals surface area (Å²) in [4.78, 5) is 23.3. The highest BCUT2D eigenvalue weighted by atomic mass is 19.2. The van der Waals surface area contributed by atoms with Gasteiger partial charge < -0.3 is 14.6 Å². The van der Waals surface area contributed by atoms with Gasteiger partial charge in [0, 0.05) is 18.8 Å². The molecule has 0 unspecified atom stereocenters. The zero-order valence-corrected chi connectivity index (χ0v) is 18.2. The molecule has 0 spiro atoms. The number of carbonyl (C=O) groups excluding carboxylic acids is 2. The van der Waals surface area contributed by atoms with Crippen LogP contribution in [0.3, 0.4) is 0 Å². The monoisotopic (exact) mass is 478 g/mol. The number of ketones is 1. The van der Waals surface area contributed by atoms with Crippen LogP contribution in [0.25, 0.3) is 0 Å². The van der Waals surface area contributed by atoms with Gasteiger partial charge >= 0.3 is 5.97 Å². The summed E-state index contributed by atoms with van der Waals surface area (Å²) in [7, 11) is 1.34. The van der Waals surface area contributed by atoms with Gasteiger partial charge in [0.2, 0.25) is 29.1 Å². The number of benzene rings is 1. The van der Waals surface area contributed by atoms with Gasteiger partial charge in [0.25, 0.3) is 0 Å². The van der Waals surface area contributed by atoms with Crippen LogP contribution in [-0.4, -0.2) is 36.7 Å². The Morgan fingerprint density at radius 2 is 1.64 bits per heavy atom. The number of aliphatic hydroxyl groups is 1. The van der Waals surface area contributed by atoms with Gasteiger partial charge in [-0.1, -0.05) is 31.4 Å². The van der Waals surface area contributed by atoms with Gasteiger partial charge in [-0.25, -0.2) is 13.2 Å². The summed E-state index contributed by atoms with van der Waals surface area (Å²) in [5.74, 6) is -12.7. The standard InChI is InChI=1S/C23H27F5O5/c1-32-17(31)7-5-3-2-4-6-15-13(9-11-16(15)30)8-10-14(29)12-33-23-21(27)19(25)18(24)20(26)22(23)28/h8,10,13-15,29H,2-7,9,11-12H2,1H3/b10-8+/t13-,14+,15+/m0/s1. The average Bonchev–Trinajstić information content (AvgIpc) is 3.16. The molecule has 0 amide bonds. The Morgan fingerprint density at radius 3 is 2.27 bits per heavy atom. The summed E-state index contributed by atoms with van der Waals surface area (Å²) in [6, 6.07) is 0. The highest BCUT2D eigenvalue weighted by Gasteiger charge is 2.32. The second-order valence-corrected chi connectivity index (χ2v) is 7.97.